The summed E-state index contributed by atoms with van der Waals surface area (Å²) in [6.45, 7) is 8.24. The van der Waals surface area contributed by atoms with Crippen LogP contribution in [0.3, 0.4) is 0 Å². The fourth-order valence-electron chi connectivity index (χ4n) is 4.67. The number of likely N-dealkylation sites (tertiary alicyclic amines) is 1. The maximum atomic E-state index is 14.4. The second-order valence-corrected chi connectivity index (χ2v) is 10.7. The lowest BCUT2D eigenvalue weighted by atomic mass is 9.86. The van der Waals surface area contributed by atoms with Gasteiger partial charge in [-0.05, 0) is 73.3 Å². The molecule has 1 saturated heterocycles. The molecule has 0 unspecified atom stereocenters. The third kappa shape index (κ3) is 5.78. The van der Waals surface area contributed by atoms with Crippen molar-refractivity contribution in [1.82, 2.24) is 19.4 Å². The first kappa shape index (κ1) is 25.7. The van der Waals surface area contributed by atoms with Gasteiger partial charge in [0.2, 0.25) is 11.9 Å². The normalized spacial score (nSPS) is 14.1. The van der Waals surface area contributed by atoms with Crippen LogP contribution in [0.5, 0.6) is 11.5 Å². The molecule has 1 aliphatic rings. The van der Waals surface area contributed by atoms with Gasteiger partial charge in [-0.3, -0.25) is 9.69 Å². The summed E-state index contributed by atoms with van der Waals surface area (Å²) in [5.41, 5.74) is 2.76. The molecular formula is C29H33FN6O2. The number of halogens is 1. The molecule has 1 aliphatic heterocycles. The van der Waals surface area contributed by atoms with Crippen molar-refractivity contribution in [3.8, 4) is 11.5 Å². The molecule has 5 rings (SSSR count). The van der Waals surface area contributed by atoms with Gasteiger partial charge in [0.25, 0.3) is 0 Å². The number of carbonyl (C=O) groups is 1. The molecule has 8 nitrogen and oxygen atoms in total. The summed E-state index contributed by atoms with van der Waals surface area (Å²) in [5, 5.41) is 6.17. The Morgan fingerprint density at radius 3 is 2.58 bits per heavy atom. The number of fused-ring (bicyclic) bond motifs is 1. The molecule has 2 aromatic carbocycles. The fraction of sp³-hybridized carbons (Fsp3) is 0.345. The number of hydrogen-bond donors (Lipinski definition) is 2. The monoisotopic (exact) mass is 516 g/mol. The van der Waals surface area contributed by atoms with E-state index in [1.807, 2.05) is 56.7 Å². The van der Waals surface area contributed by atoms with Gasteiger partial charge in [-0.1, -0.05) is 20.8 Å². The van der Waals surface area contributed by atoms with Crippen LogP contribution in [0, 0.1) is 5.82 Å². The highest BCUT2D eigenvalue weighted by molar-refractivity contribution is 5.91. The van der Waals surface area contributed by atoms with Gasteiger partial charge in [-0.15, -0.1) is 0 Å². The number of aromatic nitrogens is 3. The maximum absolute atomic E-state index is 14.4. The first-order valence-electron chi connectivity index (χ1n) is 12.9. The van der Waals surface area contributed by atoms with Crippen LogP contribution in [0.25, 0.3) is 11.0 Å². The van der Waals surface area contributed by atoms with Crippen LogP contribution in [0.15, 0.2) is 54.7 Å². The molecule has 0 radical (unpaired) electrons. The number of ether oxygens (including phenoxy) is 1. The Hall–Kier alpha value is -3.98. The van der Waals surface area contributed by atoms with Crippen LogP contribution in [-0.4, -0.2) is 45.0 Å². The second-order valence-electron chi connectivity index (χ2n) is 10.7. The smallest absolute Gasteiger partial charge is 0.239 e. The van der Waals surface area contributed by atoms with Crippen molar-refractivity contribution in [2.24, 2.45) is 7.05 Å². The minimum atomic E-state index is -0.316. The van der Waals surface area contributed by atoms with E-state index in [1.54, 1.807) is 24.4 Å². The lowest BCUT2D eigenvalue weighted by Crippen LogP contribution is -2.31. The topological polar surface area (TPSA) is 84.3 Å². The number of nitrogens with zero attached hydrogens (tertiary/aromatic N) is 4. The van der Waals surface area contributed by atoms with Crippen molar-refractivity contribution >= 4 is 34.4 Å². The summed E-state index contributed by atoms with van der Waals surface area (Å²) in [6.07, 6.45) is 3.88. The van der Waals surface area contributed by atoms with E-state index in [2.05, 4.69) is 20.5 Å². The number of hydrogen-bond acceptors (Lipinski definition) is 6. The first-order valence-corrected chi connectivity index (χ1v) is 12.9. The van der Waals surface area contributed by atoms with E-state index in [9.17, 15) is 9.18 Å². The molecular weight excluding hydrogens is 483 g/mol. The maximum Gasteiger partial charge on any atom is 0.239 e. The SMILES string of the molecule is Cn1c(Nc2ccc(F)c(C(C)(C)C)c2)nc2cc(Oc3ccnc(NC(=O)CN4CCCC4)c3)ccc21. The third-order valence-corrected chi connectivity index (χ3v) is 6.68. The summed E-state index contributed by atoms with van der Waals surface area (Å²) in [6, 6.07) is 14.1. The van der Waals surface area contributed by atoms with Gasteiger partial charge in [0.15, 0.2) is 0 Å². The number of rotatable bonds is 7. The molecule has 2 aromatic heterocycles. The highest BCUT2D eigenvalue weighted by Crippen LogP contribution is 2.31. The molecule has 38 heavy (non-hydrogen) atoms. The minimum Gasteiger partial charge on any atom is -0.457 e. The highest BCUT2D eigenvalue weighted by Gasteiger charge is 2.20. The zero-order chi connectivity index (χ0) is 26.9. The van der Waals surface area contributed by atoms with Crippen LogP contribution in [0.1, 0.15) is 39.2 Å². The number of nitrogens with one attached hydrogen (secondary N) is 2. The molecule has 1 amide bonds. The summed E-state index contributed by atoms with van der Waals surface area (Å²) in [7, 11) is 1.92. The molecule has 3 heterocycles. The van der Waals surface area contributed by atoms with Gasteiger partial charge in [-0.25, -0.2) is 14.4 Å². The summed E-state index contributed by atoms with van der Waals surface area (Å²) < 4.78 is 22.4. The number of anilines is 3. The molecule has 1 fully saturated rings. The number of pyridine rings is 1. The Balaban J connectivity index is 1.30. The second kappa shape index (κ2) is 10.4. The largest absolute Gasteiger partial charge is 0.457 e. The van der Waals surface area contributed by atoms with E-state index < -0.39 is 0 Å². The Morgan fingerprint density at radius 2 is 1.82 bits per heavy atom. The van der Waals surface area contributed by atoms with E-state index in [-0.39, 0.29) is 17.1 Å². The average Bonchev–Trinajstić information content (AvgIpc) is 3.47. The molecule has 0 spiro atoms. The van der Waals surface area contributed by atoms with E-state index in [0.29, 0.717) is 35.4 Å². The zero-order valence-corrected chi connectivity index (χ0v) is 22.2. The number of amides is 1. The Labute approximate surface area is 221 Å². The molecule has 4 aromatic rings. The minimum absolute atomic E-state index is 0.0812. The van der Waals surface area contributed by atoms with Crippen molar-refractivity contribution in [3.05, 3.63) is 66.1 Å². The molecule has 0 saturated carbocycles. The summed E-state index contributed by atoms with van der Waals surface area (Å²) in [5.74, 6) is 1.95. The Kier molecular flexibility index (Phi) is 7.03. The highest BCUT2D eigenvalue weighted by atomic mass is 19.1. The van der Waals surface area contributed by atoms with Gasteiger partial charge in [0.05, 0.1) is 17.6 Å². The van der Waals surface area contributed by atoms with Crippen molar-refractivity contribution in [3.63, 3.8) is 0 Å². The van der Waals surface area contributed by atoms with Crippen molar-refractivity contribution in [1.29, 1.82) is 0 Å². The zero-order valence-electron chi connectivity index (χ0n) is 22.2. The van der Waals surface area contributed by atoms with Gasteiger partial charge < -0.3 is 19.9 Å². The molecule has 0 atom stereocenters. The molecule has 9 heteroatoms. The van der Waals surface area contributed by atoms with Crippen LogP contribution in [-0.2, 0) is 17.3 Å². The summed E-state index contributed by atoms with van der Waals surface area (Å²) >= 11 is 0. The lowest BCUT2D eigenvalue weighted by Gasteiger charge is -2.21. The number of aryl methyl sites for hydroxylation is 1. The van der Waals surface area contributed by atoms with Crippen molar-refractivity contribution in [2.75, 3.05) is 30.3 Å². The Morgan fingerprint density at radius 1 is 1.05 bits per heavy atom. The fourth-order valence-corrected chi connectivity index (χ4v) is 4.67. The van der Waals surface area contributed by atoms with E-state index in [0.717, 1.165) is 42.7 Å². The van der Waals surface area contributed by atoms with Crippen LogP contribution in [0.2, 0.25) is 0 Å². The third-order valence-electron chi connectivity index (χ3n) is 6.68. The van der Waals surface area contributed by atoms with E-state index in [4.69, 9.17) is 9.72 Å². The molecule has 2 N–H and O–H groups in total. The lowest BCUT2D eigenvalue weighted by molar-refractivity contribution is -0.117. The van der Waals surface area contributed by atoms with Gasteiger partial charge in [0, 0.05) is 31.1 Å². The number of imidazole rings is 1. The number of carbonyl (C=O) groups excluding carboxylic acids is 1. The van der Waals surface area contributed by atoms with Crippen LogP contribution < -0.4 is 15.4 Å². The van der Waals surface area contributed by atoms with Crippen LogP contribution >= 0.6 is 0 Å². The quantitative estimate of drug-likeness (QED) is 0.315. The molecule has 0 bridgehead atoms. The van der Waals surface area contributed by atoms with E-state index in [1.165, 1.54) is 6.07 Å². The van der Waals surface area contributed by atoms with Gasteiger partial charge in [0.1, 0.15) is 23.1 Å². The predicted octanol–water partition coefficient (Wildman–Crippen LogP) is 5.98. The molecule has 0 aliphatic carbocycles. The van der Waals surface area contributed by atoms with E-state index >= 15 is 0 Å². The van der Waals surface area contributed by atoms with Crippen LogP contribution in [0.4, 0.5) is 21.8 Å². The average molecular weight is 517 g/mol. The number of benzene rings is 2. The Bertz CT molecular complexity index is 1470. The first-order chi connectivity index (χ1) is 18.2. The predicted molar refractivity (Wildman–Crippen MR) is 148 cm³/mol. The van der Waals surface area contributed by atoms with Gasteiger partial charge in [-0.2, -0.15) is 0 Å². The van der Waals surface area contributed by atoms with Gasteiger partial charge >= 0.3 is 0 Å². The van der Waals surface area contributed by atoms with Crippen molar-refractivity contribution in [2.45, 2.75) is 39.0 Å². The summed E-state index contributed by atoms with van der Waals surface area (Å²) in [4.78, 5) is 23.5. The standard InChI is InChI=1S/C29H33FN6O2/c1-29(2,3)22-15-19(7-9-23(22)30)32-28-33-24-16-20(8-10-25(24)35(28)4)38-21-11-12-31-26(17-21)34-27(37)18-36-13-5-6-14-36/h7-12,15-17H,5-6,13-14,18H2,1-4H3,(H,32,33)(H,31,34,37). The van der Waals surface area contributed by atoms with Crippen molar-refractivity contribution < 1.29 is 13.9 Å². The molecule has 198 valence electrons.